The highest BCUT2D eigenvalue weighted by Gasteiger charge is 1.90. The Hall–Kier alpha value is -1.29. The average molecular weight is 239 g/mol. The van der Waals surface area contributed by atoms with Crippen LogP contribution in [0.1, 0.15) is 0 Å². The first kappa shape index (κ1) is 9.80. The molecule has 0 aliphatic heterocycles. The maximum absolute atomic E-state index is 10.9. The SMILES string of the molecule is Br.O=c1cncc2ccccc2n1. The Morgan fingerprint density at radius 1 is 1.08 bits per heavy atom. The van der Waals surface area contributed by atoms with Gasteiger partial charge in [-0.05, 0) is 6.07 Å². The van der Waals surface area contributed by atoms with Crippen LogP contribution in [0.15, 0.2) is 41.5 Å². The van der Waals surface area contributed by atoms with Crippen molar-refractivity contribution in [3.05, 3.63) is 47.0 Å². The molecule has 0 saturated heterocycles. The highest BCUT2D eigenvalue weighted by atomic mass is 79.9. The van der Waals surface area contributed by atoms with Gasteiger partial charge < -0.3 is 0 Å². The highest BCUT2D eigenvalue weighted by Crippen LogP contribution is 2.04. The van der Waals surface area contributed by atoms with Crippen LogP contribution in [0.2, 0.25) is 0 Å². The van der Waals surface area contributed by atoms with Gasteiger partial charge in [0.15, 0.2) is 0 Å². The fraction of sp³-hybridized carbons (Fsp3) is 0. The molecule has 1 aromatic carbocycles. The minimum Gasteiger partial charge on any atom is -0.266 e. The molecule has 66 valence electrons. The van der Waals surface area contributed by atoms with E-state index in [4.69, 9.17) is 0 Å². The molecule has 4 heteroatoms. The van der Waals surface area contributed by atoms with E-state index in [1.165, 1.54) is 6.20 Å². The molecular formula is C9H7BrN2O. The van der Waals surface area contributed by atoms with Gasteiger partial charge in [0.05, 0.1) is 11.7 Å². The maximum atomic E-state index is 10.9. The minimum absolute atomic E-state index is 0. The molecule has 0 N–H and O–H groups in total. The third-order valence-corrected chi connectivity index (χ3v) is 1.57. The van der Waals surface area contributed by atoms with E-state index in [0.717, 1.165) is 5.39 Å². The van der Waals surface area contributed by atoms with Crippen molar-refractivity contribution >= 4 is 27.9 Å². The quantitative estimate of drug-likeness (QED) is 0.700. The number of fused-ring (bicyclic) bond motifs is 1. The molecule has 13 heavy (non-hydrogen) atoms. The second-order valence-corrected chi connectivity index (χ2v) is 2.42. The summed E-state index contributed by atoms with van der Waals surface area (Å²) in [6.45, 7) is 0. The Bertz CT molecular complexity index is 473. The largest absolute Gasteiger partial charge is 0.288 e. The first-order valence-electron chi connectivity index (χ1n) is 3.57. The average Bonchev–Trinajstić information content (AvgIpc) is 2.25. The van der Waals surface area contributed by atoms with Gasteiger partial charge in [-0.3, -0.25) is 9.78 Å². The Morgan fingerprint density at radius 3 is 2.69 bits per heavy atom. The lowest BCUT2D eigenvalue weighted by molar-refractivity contribution is 1.26. The van der Waals surface area contributed by atoms with Gasteiger partial charge in [0.2, 0.25) is 0 Å². The van der Waals surface area contributed by atoms with Crippen molar-refractivity contribution in [1.82, 2.24) is 9.97 Å². The summed E-state index contributed by atoms with van der Waals surface area (Å²) in [5, 5.41) is 0.875. The maximum Gasteiger partial charge on any atom is 0.288 e. The molecule has 0 aliphatic carbocycles. The first-order valence-corrected chi connectivity index (χ1v) is 3.57. The predicted molar refractivity (Wildman–Crippen MR) is 56.1 cm³/mol. The fourth-order valence-corrected chi connectivity index (χ4v) is 1.03. The summed E-state index contributed by atoms with van der Waals surface area (Å²) in [4.78, 5) is 18.5. The van der Waals surface area contributed by atoms with Crippen molar-refractivity contribution in [2.24, 2.45) is 0 Å². The molecule has 0 saturated carbocycles. The summed E-state index contributed by atoms with van der Waals surface area (Å²) in [7, 11) is 0. The number of aromatic nitrogens is 2. The van der Waals surface area contributed by atoms with E-state index in [1.807, 2.05) is 18.2 Å². The molecule has 1 aromatic heterocycles. The fourth-order valence-electron chi connectivity index (χ4n) is 1.03. The van der Waals surface area contributed by atoms with Crippen LogP contribution in [0, 0.1) is 0 Å². The van der Waals surface area contributed by atoms with Gasteiger partial charge in [0.1, 0.15) is 0 Å². The monoisotopic (exact) mass is 238 g/mol. The van der Waals surface area contributed by atoms with Crippen LogP contribution < -0.4 is 5.56 Å². The second-order valence-electron chi connectivity index (χ2n) is 2.42. The van der Waals surface area contributed by atoms with Crippen molar-refractivity contribution in [3.63, 3.8) is 0 Å². The standard InChI is InChI=1S/C9H6N2O.BrH/c12-9-6-10-5-7-3-1-2-4-8(7)11-9;/h1-6H;1H. The van der Waals surface area contributed by atoms with Crippen LogP contribution in [0.25, 0.3) is 10.9 Å². The van der Waals surface area contributed by atoms with Gasteiger partial charge in [-0.1, -0.05) is 18.2 Å². The number of hydrogen-bond donors (Lipinski definition) is 0. The van der Waals surface area contributed by atoms with Gasteiger partial charge >= 0.3 is 0 Å². The zero-order chi connectivity index (χ0) is 8.39. The smallest absolute Gasteiger partial charge is 0.266 e. The van der Waals surface area contributed by atoms with Crippen molar-refractivity contribution < 1.29 is 0 Å². The number of hydrogen-bond acceptors (Lipinski definition) is 3. The first-order chi connectivity index (χ1) is 5.86. The van der Waals surface area contributed by atoms with E-state index in [2.05, 4.69) is 9.97 Å². The Balaban J connectivity index is 0.000000845. The Labute approximate surface area is 85.2 Å². The van der Waals surface area contributed by atoms with Crippen molar-refractivity contribution in [3.8, 4) is 0 Å². The molecule has 0 bridgehead atoms. The van der Waals surface area contributed by atoms with Gasteiger partial charge in [0.25, 0.3) is 5.56 Å². The zero-order valence-electron chi connectivity index (χ0n) is 6.68. The number of para-hydroxylation sites is 1. The molecular weight excluding hydrogens is 232 g/mol. The number of halogens is 1. The van der Waals surface area contributed by atoms with Crippen LogP contribution in [-0.2, 0) is 0 Å². The van der Waals surface area contributed by atoms with Crippen LogP contribution in [0.3, 0.4) is 0 Å². The lowest BCUT2D eigenvalue weighted by atomic mass is 10.2. The topological polar surface area (TPSA) is 42.9 Å². The van der Waals surface area contributed by atoms with E-state index < -0.39 is 0 Å². The van der Waals surface area contributed by atoms with Crippen molar-refractivity contribution in [2.75, 3.05) is 0 Å². The highest BCUT2D eigenvalue weighted by molar-refractivity contribution is 8.93. The molecule has 3 nitrogen and oxygen atoms in total. The van der Waals surface area contributed by atoms with Gasteiger partial charge in [-0.25, -0.2) is 4.98 Å². The summed E-state index contributed by atoms with van der Waals surface area (Å²) in [6.07, 6.45) is 2.84. The van der Waals surface area contributed by atoms with E-state index in [1.54, 1.807) is 12.3 Å². The third-order valence-electron chi connectivity index (χ3n) is 1.57. The van der Waals surface area contributed by atoms with Crippen LogP contribution in [-0.4, -0.2) is 9.97 Å². The lowest BCUT2D eigenvalue weighted by Gasteiger charge is -1.85. The van der Waals surface area contributed by atoms with Gasteiger partial charge in [-0.15, -0.1) is 17.0 Å². The van der Waals surface area contributed by atoms with E-state index >= 15 is 0 Å². The number of benzene rings is 1. The third kappa shape index (κ3) is 2.09. The Morgan fingerprint density at radius 2 is 1.85 bits per heavy atom. The number of nitrogens with zero attached hydrogens (tertiary/aromatic N) is 2. The molecule has 0 amide bonds. The minimum atomic E-state index is -0.309. The van der Waals surface area contributed by atoms with Crippen LogP contribution in [0.4, 0.5) is 0 Å². The lowest BCUT2D eigenvalue weighted by Crippen LogP contribution is -1.98. The van der Waals surface area contributed by atoms with Gasteiger partial charge in [0, 0.05) is 11.6 Å². The van der Waals surface area contributed by atoms with E-state index in [9.17, 15) is 4.79 Å². The summed E-state index contributed by atoms with van der Waals surface area (Å²) < 4.78 is 0. The molecule has 0 atom stereocenters. The van der Waals surface area contributed by atoms with Crippen LogP contribution >= 0.6 is 17.0 Å². The molecule has 0 fully saturated rings. The van der Waals surface area contributed by atoms with Crippen molar-refractivity contribution in [1.29, 1.82) is 0 Å². The molecule has 0 spiro atoms. The molecule has 1 heterocycles. The second kappa shape index (κ2) is 4.09. The molecule has 0 radical (unpaired) electrons. The van der Waals surface area contributed by atoms with Crippen molar-refractivity contribution in [2.45, 2.75) is 0 Å². The molecule has 2 rings (SSSR count). The molecule has 2 aromatic rings. The Kier molecular flexibility index (Phi) is 3.08. The van der Waals surface area contributed by atoms with Crippen LogP contribution in [0.5, 0.6) is 0 Å². The summed E-state index contributed by atoms with van der Waals surface area (Å²) in [5.74, 6) is 0. The summed E-state index contributed by atoms with van der Waals surface area (Å²) >= 11 is 0. The number of rotatable bonds is 0. The van der Waals surface area contributed by atoms with Gasteiger partial charge in [-0.2, -0.15) is 0 Å². The zero-order valence-corrected chi connectivity index (χ0v) is 8.39. The molecule has 0 unspecified atom stereocenters. The van der Waals surface area contributed by atoms with E-state index in [0.29, 0.717) is 5.52 Å². The summed E-state index contributed by atoms with van der Waals surface area (Å²) in [6, 6.07) is 7.39. The molecule has 0 aliphatic rings. The normalized spacial score (nSPS) is 9.23. The summed E-state index contributed by atoms with van der Waals surface area (Å²) in [5.41, 5.74) is 0.371. The predicted octanol–water partition coefficient (Wildman–Crippen LogP) is 1.57. The van der Waals surface area contributed by atoms with E-state index in [-0.39, 0.29) is 22.5 Å².